The minimum Gasteiger partial charge on any atom is -0.367 e. The Kier molecular flexibility index (Phi) is 2.97. The molecule has 0 radical (unpaired) electrons. The van der Waals surface area contributed by atoms with Crippen LogP contribution in [-0.2, 0) is 4.79 Å². The fourth-order valence-electron chi connectivity index (χ4n) is 0.931. The van der Waals surface area contributed by atoms with Crippen LogP contribution < -0.4 is 0 Å². The number of rotatable bonds is 1. The smallest absolute Gasteiger partial charge is 0.194 e. The van der Waals surface area contributed by atoms with Gasteiger partial charge in [-0.15, -0.1) is 11.8 Å². The van der Waals surface area contributed by atoms with Crippen LogP contribution in [0.4, 0.5) is 0 Å². The van der Waals surface area contributed by atoms with Crippen molar-refractivity contribution in [1.82, 2.24) is 4.90 Å². The minimum absolute atomic E-state index is 0.0755. The Bertz CT molecular complexity index is 205. The van der Waals surface area contributed by atoms with Crippen molar-refractivity contribution < 1.29 is 4.79 Å². The SMILES string of the molecule is CC1CSC=C(C(=O)P)N1C. The van der Waals surface area contributed by atoms with E-state index in [0.717, 1.165) is 11.4 Å². The number of carbonyl (C=O) groups is 1. The standard InChI is InChI=1S/C7H12NOPS/c1-5-3-11-4-6(7(9)10)8(5)2/h4-5H,3,10H2,1-2H3. The van der Waals surface area contributed by atoms with Gasteiger partial charge in [0.05, 0.1) is 5.70 Å². The van der Waals surface area contributed by atoms with Crippen molar-refractivity contribution in [3.63, 3.8) is 0 Å². The quantitative estimate of drug-likeness (QED) is 0.580. The summed E-state index contributed by atoms with van der Waals surface area (Å²) < 4.78 is 0. The lowest BCUT2D eigenvalue weighted by Gasteiger charge is -2.30. The molecular formula is C7H12NOPS. The van der Waals surface area contributed by atoms with Gasteiger partial charge in [0.25, 0.3) is 0 Å². The van der Waals surface area contributed by atoms with E-state index in [1.54, 1.807) is 11.8 Å². The summed E-state index contributed by atoms with van der Waals surface area (Å²) in [5.74, 6) is 1.07. The van der Waals surface area contributed by atoms with Crippen molar-refractivity contribution in [1.29, 1.82) is 0 Å². The molecule has 2 nitrogen and oxygen atoms in total. The Morgan fingerprint density at radius 3 is 3.00 bits per heavy atom. The predicted molar refractivity (Wildman–Crippen MR) is 52.5 cm³/mol. The van der Waals surface area contributed by atoms with Gasteiger partial charge >= 0.3 is 0 Å². The zero-order chi connectivity index (χ0) is 8.43. The highest BCUT2D eigenvalue weighted by molar-refractivity contribution is 8.02. The third-order valence-electron chi connectivity index (χ3n) is 1.83. The van der Waals surface area contributed by atoms with Crippen LogP contribution in [0.15, 0.2) is 11.1 Å². The Labute approximate surface area is 73.6 Å². The van der Waals surface area contributed by atoms with Gasteiger partial charge in [-0.3, -0.25) is 4.79 Å². The first kappa shape index (κ1) is 9.08. The molecule has 1 aliphatic heterocycles. The van der Waals surface area contributed by atoms with Crippen LogP contribution in [-0.4, -0.2) is 29.3 Å². The van der Waals surface area contributed by atoms with Gasteiger partial charge in [0, 0.05) is 18.8 Å². The lowest BCUT2D eigenvalue weighted by atomic mass is 10.3. The summed E-state index contributed by atoms with van der Waals surface area (Å²) in [5, 5.41) is 1.93. The van der Waals surface area contributed by atoms with E-state index in [1.807, 2.05) is 17.4 Å². The van der Waals surface area contributed by atoms with E-state index in [4.69, 9.17) is 0 Å². The molecule has 0 N–H and O–H groups in total. The lowest BCUT2D eigenvalue weighted by Crippen LogP contribution is -2.34. The zero-order valence-corrected chi connectivity index (χ0v) is 8.67. The summed E-state index contributed by atoms with van der Waals surface area (Å²) in [6.07, 6.45) is 0. The van der Waals surface area contributed by atoms with E-state index in [0.29, 0.717) is 6.04 Å². The first-order valence-corrected chi connectivity index (χ1v) is 5.10. The summed E-state index contributed by atoms with van der Waals surface area (Å²) in [6.45, 7) is 2.12. The average Bonchev–Trinajstić information content (AvgIpc) is 1.94. The van der Waals surface area contributed by atoms with Gasteiger partial charge in [0.2, 0.25) is 0 Å². The van der Waals surface area contributed by atoms with E-state index in [1.165, 1.54) is 0 Å². The minimum atomic E-state index is 0.0755. The molecule has 0 spiro atoms. The number of allylic oxidation sites excluding steroid dienone is 1. The Balaban J connectivity index is 2.78. The number of thioether (sulfide) groups is 1. The Hall–Kier alpha value is -0.0100. The van der Waals surface area contributed by atoms with Gasteiger partial charge in [-0.2, -0.15) is 0 Å². The van der Waals surface area contributed by atoms with Crippen LogP contribution in [0.1, 0.15) is 6.92 Å². The highest BCUT2D eigenvalue weighted by atomic mass is 32.2. The van der Waals surface area contributed by atoms with Crippen LogP contribution in [0, 0.1) is 0 Å². The molecule has 0 fully saturated rings. The molecule has 2 atom stereocenters. The number of carbonyl (C=O) groups excluding carboxylic acids is 1. The molecule has 0 aromatic carbocycles. The van der Waals surface area contributed by atoms with Crippen molar-refractivity contribution >= 4 is 26.5 Å². The van der Waals surface area contributed by atoms with Crippen molar-refractivity contribution in [3.05, 3.63) is 11.1 Å². The van der Waals surface area contributed by atoms with Crippen LogP contribution >= 0.6 is 21.0 Å². The third kappa shape index (κ3) is 1.97. The normalized spacial score (nSPS) is 24.8. The Morgan fingerprint density at radius 2 is 2.55 bits per heavy atom. The molecular weight excluding hydrogens is 177 g/mol. The Morgan fingerprint density at radius 1 is 1.91 bits per heavy atom. The number of hydrogen-bond acceptors (Lipinski definition) is 3. The highest BCUT2D eigenvalue weighted by Gasteiger charge is 2.19. The summed E-state index contributed by atoms with van der Waals surface area (Å²) in [6, 6.07) is 0.462. The van der Waals surface area contributed by atoms with E-state index in [2.05, 4.69) is 16.2 Å². The van der Waals surface area contributed by atoms with E-state index in [9.17, 15) is 4.79 Å². The molecule has 11 heavy (non-hydrogen) atoms. The van der Waals surface area contributed by atoms with Crippen LogP contribution in [0.25, 0.3) is 0 Å². The summed E-state index contributed by atoms with van der Waals surface area (Å²) in [5.41, 5.74) is 0.880. The topological polar surface area (TPSA) is 20.3 Å². The summed E-state index contributed by atoms with van der Waals surface area (Å²) >= 11 is 1.71. The van der Waals surface area contributed by atoms with Crippen LogP contribution in [0.5, 0.6) is 0 Å². The third-order valence-corrected chi connectivity index (χ3v) is 3.19. The maximum Gasteiger partial charge on any atom is 0.194 e. The van der Waals surface area contributed by atoms with Crippen LogP contribution in [0.2, 0.25) is 0 Å². The molecule has 4 heteroatoms. The van der Waals surface area contributed by atoms with Gasteiger partial charge in [0.15, 0.2) is 5.52 Å². The van der Waals surface area contributed by atoms with Gasteiger partial charge < -0.3 is 4.90 Å². The van der Waals surface area contributed by atoms with E-state index in [-0.39, 0.29) is 5.52 Å². The van der Waals surface area contributed by atoms with Crippen molar-refractivity contribution in [2.45, 2.75) is 13.0 Å². The molecule has 2 unspecified atom stereocenters. The van der Waals surface area contributed by atoms with Gasteiger partial charge in [-0.05, 0) is 12.3 Å². The molecule has 0 aliphatic carbocycles. The molecule has 0 saturated heterocycles. The highest BCUT2D eigenvalue weighted by Crippen LogP contribution is 2.23. The molecule has 1 heterocycles. The molecule has 0 aromatic rings. The molecule has 0 aromatic heterocycles. The maximum absolute atomic E-state index is 11.0. The van der Waals surface area contributed by atoms with Gasteiger partial charge in [-0.1, -0.05) is 9.24 Å². The second-order valence-electron chi connectivity index (χ2n) is 2.66. The van der Waals surface area contributed by atoms with Crippen molar-refractivity contribution in [3.8, 4) is 0 Å². The first-order valence-electron chi connectivity index (χ1n) is 3.47. The van der Waals surface area contributed by atoms with Crippen molar-refractivity contribution in [2.75, 3.05) is 12.8 Å². The number of hydrogen-bond donors (Lipinski definition) is 0. The fraction of sp³-hybridized carbons (Fsp3) is 0.571. The van der Waals surface area contributed by atoms with Gasteiger partial charge in [-0.25, -0.2) is 0 Å². The van der Waals surface area contributed by atoms with Gasteiger partial charge in [0.1, 0.15) is 0 Å². The molecule has 0 amide bonds. The van der Waals surface area contributed by atoms with E-state index < -0.39 is 0 Å². The molecule has 0 saturated carbocycles. The lowest BCUT2D eigenvalue weighted by molar-refractivity contribution is -0.109. The number of nitrogens with zero attached hydrogens (tertiary/aromatic N) is 1. The second-order valence-corrected chi connectivity index (χ2v) is 4.09. The fourth-order valence-corrected chi connectivity index (χ4v) is 2.38. The monoisotopic (exact) mass is 189 g/mol. The second kappa shape index (κ2) is 3.59. The zero-order valence-electron chi connectivity index (χ0n) is 6.70. The molecule has 1 rings (SSSR count). The molecule has 1 aliphatic rings. The first-order chi connectivity index (χ1) is 5.13. The van der Waals surface area contributed by atoms with Crippen LogP contribution in [0.3, 0.4) is 0 Å². The van der Waals surface area contributed by atoms with E-state index >= 15 is 0 Å². The molecule has 62 valence electrons. The summed E-state index contributed by atoms with van der Waals surface area (Å²) in [4.78, 5) is 13.0. The largest absolute Gasteiger partial charge is 0.367 e. The van der Waals surface area contributed by atoms with Crippen molar-refractivity contribution in [2.24, 2.45) is 0 Å². The number of likely N-dealkylation sites (N-methyl/N-ethyl adjacent to an activating group) is 1. The average molecular weight is 189 g/mol. The maximum atomic E-state index is 11.0. The predicted octanol–water partition coefficient (Wildman–Crippen LogP) is 1.30. The summed E-state index contributed by atoms with van der Waals surface area (Å²) in [7, 11) is 4.16. The molecule has 0 bridgehead atoms.